The van der Waals surface area contributed by atoms with E-state index in [1.165, 1.54) is 5.56 Å². The molecule has 20 heavy (non-hydrogen) atoms. The number of nitrogens with zero attached hydrogens (tertiary/aromatic N) is 1. The highest BCUT2D eigenvalue weighted by Gasteiger charge is 2.10. The number of rotatable bonds is 5. The van der Waals surface area contributed by atoms with Gasteiger partial charge in [-0.25, -0.2) is 4.98 Å². The molecule has 1 atom stereocenters. The van der Waals surface area contributed by atoms with Crippen molar-refractivity contribution in [3.63, 3.8) is 0 Å². The Morgan fingerprint density at radius 2 is 2.10 bits per heavy atom. The van der Waals surface area contributed by atoms with Crippen molar-refractivity contribution in [2.45, 2.75) is 19.5 Å². The number of aromatic nitrogens is 1. The minimum absolute atomic E-state index is 0.224. The third-order valence-corrected chi connectivity index (χ3v) is 4.25. The summed E-state index contributed by atoms with van der Waals surface area (Å²) in [5.74, 6) is 0.669. The molecule has 0 spiro atoms. The normalized spacial score (nSPS) is 12.2. The molecule has 0 aliphatic rings. The molecule has 0 aliphatic heterocycles. The smallest absolute Gasteiger partial charge is 0.217 e. The fourth-order valence-corrected chi connectivity index (χ4v) is 3.36. The van der Waals surface area contributed by atoms with E-state index < -0.39 is 0 Å². The summed E-state index contributed by atoms with van der Waals surface area (Å²) in [5, 5.41) is 3.48. The zero-order valence-electron chi connectivity index (χ0n) is 11.4. The third kappa shape index (κ3) is 3.81. The van der Waals surface area contributed by atoms with Crippen molar-refractivity contribution < 1.29 is 4.74 Å². The molecule has 0 aliphatic carbocycles. The Hall–Kier alpha value is -0.910. The van der Waals surface area contributed by atoms with Crippen molar-refractivity contribution >= 4 is 31.9 Å². The molecule has 1 unspecified atom stereocenters. The fourth-order valence-electron chi connectivity index (χ4n) is 1.97. The zero-order chi connectivity index (χ0) is 14.5. The van der Waals surface area contributed by atoms with Crippen LogP contribution in [0.15, 0.2) is 45.5 Å². The molecule has 0 bridgehead atoms. The van der Waals surface area contributed by atoms with Crippen LogP contribution in [0.2, 0.25) is 0 Å². The molecule has 1 heterocycles. The quantitative estimate of drug-likeness (QED) is 0.805. The first-order chi connectivity index (χ1) is 9.61. The van der Waals surface area contributed by atoms with E-state index >= 15 is 0 Å². The Bertz CT molecular complexity index is 590. The van der Waals surface area contributed by atoms with E-state index in [0.717, 1.165) is 14.5 Å². The van der Waals surface area contributed by atoms with Gasteiger partial charge in [-0.1, -0.05) is 44.0 Å². The van der Waals surface area contributed by atoms with Crippen molar-refractivity contribution in [3.8, 4) is 5.88 Å². The molecule has 0 amide bonds. The van der Waals surface area contributed by atoms with E-state index in [-0.39, 0.29) is 6.04 Å². The predicted molar refractivity (Wildman–Crippen MR) is 87.9 cm³/mol. The molecule has 0 saturated heterocycles. The van der Waals surface area contributed by atoms with E-state index in [1.54, 1.807) is 13.3 Å². The number of ether oxygens (including phenoxy) is 1. The van der Waals surface area contributed by atoms with E-state index in [0.29, 0.717) is 12.4 Å². The highest BCUT2D eigenvalue weighted by atomic mass is 79.9. The number of nitrogens with one attached hydrogen (secondary N) is 1. The van der Waals surface area contributed by atoms with Gasteiger partial charge in [0.15, 0.2) is 0 Å². The van der Waals surface area contributed by atoms with E-state index in [2.05, 4.69) is 61.2 Å². The van der Waals surface area contributed by atoms with Gasteiger partial charge in [0.05, 0.1) is 7.11 Å². The lowest BCUT2D eigenvalue weighted by Crippen LogP contribution is -2.19. The summed E-state index contributed by atoms with van der Waals surface area (Å²) in [6.07, 6.45) is 1.73. The Kier molecular flexibility index (Phi) is 5.57. The minimum Gasteiger partial charge on any atom is -0.481 e. The van der Waals surface area contributed by atoms with Gasteiger partial charge in [0.2, 0.25) is 5.88 Å². The molecule has 1 aromatic heterocycles. The van der Waals surface area contributed by atoms with Crippen LogP contribution in [0.25, 0.3) is 0 Å². The highest BCUT2D eigenvalue weighted by molar-refractivity contribution is 9.11. The summed E-state index contributed by atoms with van der Waals surface area (Å²) in [7, 11) is 1.64. The van der Waals surface area contributed by atoms with Gasteiger partial charge in [-0.15, -0.1) is 0 Å². The van der Waals surface area contributed by atoms with Crippen molar-refractivity contribution in [2.24, 2.45) is 0 Å². The maximum absolute atomic E-state index is 5.26. The number of hydrogen-bond acceptors (Lipinski definition) is 3. The van der Waals surface area contributed by atoms with Gasteiger partial charge in [0, 0.05) is 33.3 Å². The summed E-state index contributed by atoms with van der Waals surface area (Å²) < 4.78 is 7.41. The number of pyridine rings is 1. The van der Waals surface area contributed by atoms with Gasteiger partial charge in [-0.3, -0.25) is 0 Å². The molecule has 0 radical (unpaired) electrons. The second-order valence-corrected chi connectivity index (χ2v) is 6.21. The lowest BCUT2D eigenvalue weighted by atomic mass is 10.1. The Morgan fingerprint density at radius 3 is 2.80 bits per heavy atom. The summed E-state index contributed by atoms with van der Waals surface area (Å²) in [4.78, 5) is 4.20. The zero-order valence-corrected chi connectivity index (χ0v) is 14.5. The van der Waals surface area contributed by atoms with E-state index in [4.69, 9.17) is 4.74 Å². The van der Waals surface area contributed by atoms with Crippen LogP contribution in [0, 0.1) is 0 Å². The van der Waals surface area contributed by atoms with Gasteiger partial charge < -0.3 is 10.1 Å². The highest BCUT2D eigenvalue weighted by Crippen LogP contribution is 2.27. The van der Waals surface area contributed by atoms with E-state index in [1.807, 2.05) is 18.2 Å². The number of methoxy groups -OCH3 is 1. The van der Waals surface area contributed by atoms with Crippen LogP contribution in [0.1, 0.15) is 24.1 Å². The monoisotopic (exact) mass is 398 g/mol. The minimum atomic E-state index is 0.224. The molecule has 3 nitrogen and oxygen atoms in total. The van der Waals surface area contributed by atoms with Gasteiger partial charge in [0.25, 0.3) is 0 Å². The number of hydrogen-bond donors (Lipinski definition) is 1. The lowest BCUT2D eigenvalue weighted by Gasteiger charge is -2.17. The van der Waals surface area contributed by atoms with Gasteiger partial charge in [0.1, 0.15) is 0 Å². The average Bonchev–Trinajstić information content (AvgIpc) is 2.45. The average molecular weight is 400 g/mol. The molecule has 1 aromatic carbocycles. The molecular formula is C15H16Br2N2O. The van der Waals surface area contributed by atoms with Crippen molar-refractivity contribution in [1.82, 2.24) is 10.3 Å². The van der Waals surface area contributed by atoms with Gasteiger partial charge >= 0.3 is 0 Å². The van der Waals surface area contributed by atoms with Crippen LogP contribution in [-0.4, -0.2) is 12.1 Å². The van der Waals surface area contributed by atoms with Gasteiger partial charge in [-0.05, 0) is 30.7 Å². The van der Waals surface area contributed by atoms with Gasteiger partial charge in [-0.2, -0.15) is 0 Å². The van der Waals surface area contributed by atoms with Crippen LogP contribution in [0.5, 0.6) is 5.88 Å². The Balaban J connectivity index is 2.06. The molecule has 0 saturated carbocycles. The van der Waals surface area contributed by atoms with Crippen molar-refractivity contribution in [2.75, 3.05) is 7.11 Å². The molecular weight excluding hydrogens is 384 g/mol. The van der Waals surface area contributed by atoms with Crippen LogP contribution in [-0.2, 0) is 6.54 Å². The first kappa shape index (κ1) is 15.5. The first-order valence-corrected chi connectivity index (χ1v) is 7.86. The van der Waals surface area contributed by atoms with Crippen molar-refractivity contribution in [3.05, 3.63) is 56.6 Å². The van der Waals surface area contributed by atoms with E-state index in [9.17, 15) is 0 Å². The SMILES string of the molecule is COc1ncccc1CNC(C)c1ccc(Br)cc1Br. The second-order valence-electron chi connectivity index (χ2n) is 4.44. The largest absolute Gasteiger partial charge is 0.481 e. The maximum Gasteiger partial charge on any atom is 0.217 e. The Labute approximate surface area is 136 Å². The van der Waals surface area contributed by atoms with Crippen LogP contribution >= 0.6 is 31.9 Å². The predicted octanol–water partition coefficient (Wildman–Crippen LogP) is 4.47. The standard InChI is InChI=1S/C15H16Br2N2O/c1-10(13-6-5-12(16)8-14(13)17)19-9-11-4-3-7-18-15(11)20-2/h3-8,10,19H,9H2,1-2H3. The van der Waals surface area contributed by atoms with Crippen LogP contribution < -0.4 is 10.1 Å². The fraction of sp³-hybridized carbons (Fsp3) is 0.267. The summed E-state index contributed by atoms with van der Waals surface area (Å²) in [6, 6.07) is 10.4. The summed E-state index contributed by atoms with van der Waals surface area (Å²) in [5.41, 5.74) is 2.27. The molecule has 2 aromatic rings. The maximum atomic E-state index is 5.26. The van der Waals surface area contributed by atoms with Crippen molar-refractivity contribution in [1.29, 1.82) is 0 Å². The first-order valence-electron chi connectivity index (χ1n) is 6.28. The molecule has 0 fully saturated rings. The molecule has 2 rings (SSSR count). The Morgan fingerprint density at radius 1 is 1.30 bits per heavy atom. The van der Waals surface area contributed by atoms with Crippen LogP contribution in [0.4, 0.5) is 0 Å². The second kappa shape index (κ2) is 7.20. The third-order valence-electron chi connectivity index (χ3n) is 3.07. The van der Waals surface area contributed by atoms with Crippen LogP contribution in [0.3, 0.4) is 0 Å². The molecule has 106 valence electrons. The topological polar surface area (TPSA) is 34.1 Å². The lowest BCUT2D eigenvalue weighted by molar-refractivity contribution is 0.389. The molecule has 5 heteroatoms. The summed E-state index contributed by atoms with van der Waals surface area (Å²) >= 11 is 7.06. The number of halogens is 2. The molecule has 1 N–H and O–H groups in total. The number of benzene rings is 1. The summed E-state index contributed by atoms with van der Waals surface area (Å²) in [6.45, 7) is 2.84.